The van der Waals surface area contributed by atoms with Crippen molar-refractivity contribution < 1.29 is 9.53 Å². The Labute approximate surface area is 79.0 Å². The summed E-state index contributed by atoms with van der Waals surface area (Å²) in [5, 5.41) is 5.89. The predicted octanol–water partition coefficient (Wildman–Crippen LogP) is 0.873. The van der Waals surface area contributed by atoms with Crippen molar-refractivity contribution in [3.8, 4) is 0 Å². The van der Waals surface area contributed by atoms with E-state index in [1.54, 1.807) is 0 Å². The minimum Gasteiger partial charge on any atom is -0.445 e. The lowest BCUT2D eigenvalue weighted by atomic mass is 10.1. The summed E-state index contributed by atoms with van der Waals surface area (Å²) in [6.45, 7) is 5.65. The zero-order valence-corrected chi connectivity index (χ0v) is 8.30. The van der Waals surface area contributed by atoms with Gasteiger partial charge < -0.3 is 15.4 Å². The number of amides is 1. The van der Waals surface area contributed by atoms with Crippen LogP contribution >= 0.6 is 0 Å². The van der Waals surface area contributed by atoms with Crippen molar-refractivity contribution in [3.05, 3.63) is 0 Å². The molecule has 13 heavy (non-hydrogen) atoms. The molecule has 1 amide bonds. The number of rotatable bonds is 2. The van der Waals surface area contributed by atoms with E-state index in [0.717, 1.165) is 25.9 Å². The van der Waals surface area contributed by atoms with Gasteiger partial charge >= 0.3 is 6.09 Å². The van der Waals surface area contributed by atoms with Gasteiger partial charge in [0.15, 0.2) is 0 Å². The van der Waals surface area contributed by atoms with Gasteiger partial charge in [-0.05, 0) is 33.2 Å². The van der Waals surface area contributed by atoms with Crippen LogP contribution in [0.1, 0.15) is 26.7 Å². The summed E-state index contributed by atoms with van der Waals surface area (Å²) in [6, 6.07) is 0.143. The summed E-state index contributed by atoms with van der Waals surface area (Å²) in [5.74, 6) is 0. The Morgan fingerprint density at radius 2 is 2.38 bits per heavy atom. The SMILES string of the molecule is CC(C)NC(=O)O[C@@H]1CCCNC1. The van der Waals surface area contributed by atoms with Gasteiger partial charge in [-0.3, -0.25) is 0 Å². The average molecular weight is 186 g/mol. The zero-order valence-electron chi connectivity index (χ0n) is 8.30. The standard InChI is InChI=1S/C9H18N2O2/c1-7(2)11-9(12)13-8-4-3-5-10-6-8/h7-8,10H,3-6H2,1-2H3,(H,11,12)/t8-/m1/s1. The molecule has 76 valence electrons. The van der Waals surface area contributed by atoms with E-state index in [1.165, 1.54) is 0 Å². The molecule has 1 saturated heterocycles. The molecule has 0 spiro atoms. The molecule has 4 heteroatoms. The van der Waals surface area contributed by atoms with Gasteiger partial charge in [0.1, 0.15) is 6.10 Å². The van der Waals surface area contributed by atoms with Crippen molar-refractivity contribution in [1.29, 1.82) is 0 Å². The number of alkyl carbamates (subject to hydrolysis) is 1. The van der Waals surface area contributed by atoms with E-state index >= 15 is 0 Å². The van der Waals surface area contributed by atoms with Crippen LogP contribution in [0, 0.1) is 0 Å². The maximum Gasteiger partial charge on any atom is 0.407 e. The van der Waals surface area contributed by atoms with E-state index in [-0.39, 0.29) is 18.2 Å². The first kappa shape index (κ1) is 10.3. The number of nitrogens with one attached hydrogen (secondary N) is 2. The van der Waals surface area contributed by atoms with E-state index < -0.39 is 0 Å². The van der Waals surface area contributed by atoms with Crippen molar-refractivity contribution in [2.75, 3.05) is 13.1 Å². The Morgan fingerprint density at radius 1 is 1.62 bits per heavy atom. The van der Waals surface area contributed by atoms with Crippen LogP contribution in [-0.4, -0.2) is 31.3 Å². The van der Waals surface area contributed by atoms with Crippen LogP contribution in [0.2, 0.25) is 0 Å². The van der Waals surface area contributed by atoms with Crippen molar-refractivity contribution in [1.82, 2.24) is 10.6 Å². The van der Waals surface area contributed by atoms with E-state index in [2.05, 4.69) is 10.6 Å². The first-order valence-corrected chi connectivity index (χ1v) is 4.86. The maximum absolute atomic E-state index is 11.2. The molecule has 1 aliphatic heterocycles. The molecule has 0 aromatic heterocycles. The van der Waals surface area contributed by atoms with E-state index in [4.69, 9.17) is 4.74 Å². The molecule has 0 bridgehead atoms. The number of carbonyl (C=O) groups is 1. The summed E-state index contributed by atoms with van der Waals surface area (Å²) in [6.07, 6.45) is 1.80. The van der Waals surface area contributed by atoms with Crippen LogP contribution in [0.5, 0.6) is 0 Å². The third kappa shape index (κ3) is 4.12. The van der Waals surface area contributed by atoms with Crippen LogP contribution in [0.15, 0.2) is 0 Å². The molecular weight excluding hydrogens is 168 g/mol. The first-order chi connectivity index (χ1) is 6.18. The van der Waals surface area contributed by atoms with Gasteiger partial charge in [-0.15, -0.1) is 0 Å². The number of hydrogen-bond acceptors (Lipinski definition) is 3. The molecule has 0 aliphatic carbocycles. The lowest BCUT2D eigenvalue weighted by Crippen LogP contribution is -2.40. The van der Waals surface area contributed by atoms with Gasteiger partial charge in [0, 0.05) is 12.6 Å². The minimum absolute atomic E-state index is 0.0486. The fraction of sp³-hybridized carbons (Fsp3) is 0.889. The molecule has 4 nitrogen and oxygen atoms in total. The Kier molecular flexibility index (Phi) is 4.02. The molecule has 0 aromatic carbocycles. The lowest BCUT2D eigenvalue weighted by Gasteiger charge is -2.23. The van der Waals surface area contributed by atoms with Crippen LogP contribution in [-0.2, 0) is 4.74 Å². The highest BCUT2D eigenvalue weighted by molar-refractivity contribution is 5.67. The van der Waals surface area contributed by atoms with Gasteiger partial charge in [-0.2, -0.15) is 0 Å². The second-order valence-electron chi connectivity index (χ2n) is 3.67. The molecule has 1 atom stereocenters. The Bertz CT molecular complexity index is 165. The highest BCUT2D eigenvalue weighted by atomic mass is 16.6. The second kappa shape index (κ2) is 5.07. The predicted molar refractivity (Wildman–Crippen MR) is 50.6 cm³/mol. The highest BCUT2D eigenvalue weighted by Gasteiger charge is 2.17. The number of hydrogen-bond donors (Lipinski definition) is 2. The number of carbonyl (C=O) groups excluding carboxylic acids is 1. The molecule has 1 fully saturated rings. The fourth-order valence-corrected chi connectivity index (χ4v) is 1.34. The molecular formula is C9H18N2O2. The minimum atomic E-state index is -0.302. The van der Waals surface area contributed by atoms with Crippen LogP contribution in [0.4, 0.5) is 4.79 Å². The maximum atomic E-state index is 11.2. The van der Waals surface area contributed by atoms with Gasteiger partial charge in [0.25, 0.3) is 0 Å². The lowest BCUT2D eigenvalue weighted by molar-refractivity contribution is 0.0809. The van der Waals surface area contributed by atoms with Gasteiger partial charge in [0.2, 0.25) is 0 Å². The third-order valence-electron chi connectivity index (χ3n) is 1.93. The second-order valence-corrected chi connectivity index (χ2v) is 3.67. The Hall–Kier alpha value is -0.770. The van der Waals surface area contributed by atoms with Crippen molar-refractivity contribution in [3.63, 3.8) is 0 Å². The Balaban J connectivity index is 2.18. The summed E-state index contributed by atoms with van der Waals surface area (Å²) in [5.41, 5.74) is 0. The van der Waals surface area contributed by atoms with Gasteiger partial charge in [0.05, 0.1) is 0 Å². The Morgan fingerprint density at radius 3 is 2.92 bits per heavy atom. The summed E-state index contributed by atoms with van der Waals surface area (Å²) in [4.78, 5) is 11.2. The van der Waals surface area contributed by atoms with Crippen molar-refractivity contribution in [2.24, 2.45) is 0 Å². The zero-order chi connectivity index (χ0) is 9.68. The molecule has 0 radical (unpaired) electrons. The van der Waals surface area contributed by atoms with Crippen molar-refractivity contribution >= 4 is 6.09 Å². The largest absolute Gasteiger partial charge is 0.445 e. The molecule has 0 unspecified atom stereocenters. The average Bonchev–Trinajstić information content (AvgIpc) is 2.04. The smallest absolute Gasteiger partial charge is 0.407 e. The van der Waals surface area contributed by atoms with E-state index in [0.29, 0.717) is 0 Å². The summed E-state index contributed by atoms with van der Waals surface area (Å²) >= 11 is 0. The van der Waals surface area contributed by atoms with Crippen LogP contribution < -0.4 is 10.6 Å². The third-order valence-corrected chi connectivity index (χ3v) is 1.93. The molecule has 2 N–H and O–H groups in total. The molecule has 1 rings (SSSR count). The normalized spacial score (nSPS) is 22.8. The first-order valence-electron chi connectivity index (χ1n) is 4.86. The van der Waals surface area contributed by atoms with E-state index in [1.807, 2.05) is 13.8 Å². The topological polar surface area (TPSA) is 50.4 Å². The quantitative estimate of drug-likeness (QED) is 0.673. The number of ether oxygens (including phenoxy) is 1. The summed E-state index contributed by atoms with van der Waals surface area (Å²) in [7, 11) is 0. The van der Waals surface area contributed by atoms with Crippen LogP contribution in [0.3, 0.4) is 0 Å². The molecule has 1 heterocycles. The van der Waals surface area contributed by atoms with Gasteiger partial charge in [-0.25, -0.2) is 4.79 Å². The fourth-order valence-electron chi connectivity index (χ4n) is 1.34. The molecule has 0 saturated carbocycles. The molecule has 0 aromatic rings. The van der Waals surface area contributed by atoms with Crippen LogP contribution in [0.25, 0.3) is 0 Å². The summed E-state index contributed by atoms with van der Waals surface area (Å²) < 4.78 is 5.19. The molecule has 1 aliphatic rings. The number of piperidine rings is 1. The monoisotopic (exact) mass is 186 g/mol. The van der Waals surface area contributed by atoms with Gasteiger partial charge in [-0.1, -0.05) is 0 Å². The van der Waals surface area contributed by atoms with E-state index in [9.17, 15) is 4.79 Å². The van der Waals surface area contributed by atoms with Crippen molar-refractivity contribution in [2.45, 2.75) is 38.8 Å². The highest BCUT2D eigenvalue weighted by Crippen LogP contribution is 2.05.